The monoisotopic (exact) mass is 413 g/mol. The van der Waals surface area contributed by atoms with Crippen LogP contribution in [-0.2, 0) is 4.74 Å². The number of anilines is 3. The van der Waals surface area contributed by atoms with E-state index in [2.05, 4.69) is 30.3 Å². The van der Waals surface area contributed by atoms with Crippen LogP contribution in [-0.4, -0.2) is 74.8 Å². The van der Waals surface area contributed by atoms with Crippen molar-refractivity contribution in [1.82, 2.24) is 15.0 Å². The first-order valence-electron chi connectivity index (χ1n) is 10.1. The Labute approximate surface area is 175 Å². The molecule has 10 nitrogen and oxygen atoms in total. The molecule has 0 atom stereocenters. The molecular formula is C20H27N7O3. The van der Waals surface area contributed by atoms with Gasteiger partial charge in [0.25, 0.3) is 0 Å². The Balaban J connectivity index is 1.55. The van der Waals surface area contributed by atoms with Crippen LogP contribution >= 0.6 is 0 Å². The normalized spacial score (nSPS) is 16.9. The highest BCUT2D eigenvalue weighted by Gasteiger charge is 2.21. The number of ether oxygens (including phenoxy) is 3. The maximum absolute atomic E-state index is 5.45. The number of aromatic nitrogens is 3. The van der Waals surface area contributed by atoms with Gasteiger partial charge in [-0.2, -0.15) is 20.1 Å². The van der Waals surface area contributed by atoms with E-state index in [4.69, 9.17) is 19.2 Å². The molecule has 10 heteroatoms. The summed E-state index contributed by atoms with van der Waals surface area (Å²) in [6.45, 7) is 4.77. The second-order valence-electron chi connectivity index (χ2n) is 7.03. The minimum atomic E-state index is 0.414. The van der Waals surface area contributed by atoms with Gasteiger partial charge in [0.1, 0.15) is 11.5 Å². The molecule has 3 heterocycles. The molecule has 2 fully saturated rings. The molecule has 1 N–H and O–H groups in total. The summed E-state index contributed by atoms with van der Waals surface area (Å²) < 4.78 is 16.1. The second-order valence-corrected chi connectivity index (χ2v) is 7.03. The highest BCUT2D eigenvalue weighted by atomic mass is 16.5. The van der Waals surface area contributed by atoms with Crippen molar-refractivity contribution in [1.29, 1.82) is 0 Å². The fraction of sp³-hybridized carbons (Fsp3) is 0.500. The topological polar surface area (TPSA) is 97.2 Å². The van der Waals surface area contributed by atoms with Crippen LogP contribution in [0, 0.1) is 0 Å². The molecule has 0 bridgehead atoms. The van der Waals surface area contributed by atoms with Crippen LogP contribution in [0.2, 0.25) is 0 Å². The molecule has 4 rings (SSSR count). The van der Waals surface area contributed by atoms with Crippen molar-refractivity contribution in [2.45, 2.75) is 12.8 Å². The zero-order valence-electron chi connectivity index (χ0n) is 17.4. The molecule has 0 aliphatic carbocycles. The lowest BCUT2D eigenvalue weighted by Gasteiger charge is -2.27. The molecule has 1 aromatic heterocycles. The van der Waals surface area contributed by atoms with Crippen LogP contribution in [0.4, 0.5) is 17.8 Å². The summed E-state index contributed by atoms with van der Waals surface area (Å²) in [4.78, 5) is 18.2. The largest absolute Gasteiger partial charge is 0.497 e. The molecule has 1 aromatic carbocycles. The van der Waals surface area contributed by atoms with Crippen molar-refractivity contribution in [3.63, 3.8) is 0 Å². The van der Waals surface area contributed by atoms with Crippen molar-refractivity contribution >= 4 is 24.1 Å². The van der Waals surface area contributed by atoms with Crippen LogP contribution in [0.25, 0.3) is 0 Å². The van der Waals surface area contributed by atoms with E-state index < -0.39 is 0 Å². The van der Waals surface area contributed by atoms with E-state index in [1.807, 2.05) is 18.2 Å². The van der Waals surface area contributed by atoms with Crippen LogP contribution < -0.4 is 24.7 Å². The van der Waals surface area contributed by atoms with Crippen LogP contribution in [0.1, 0.15) is 18.4 Å². The zero-order valence-corrected chi connectivity index (χ0v) is 17.4. The molecular weight excluding hydrogens is 386 g/mol. The van der Waals surface area contributed by atoms with E-state index in [1.54, 1.807) is 20.4 Å². The standard InChI is InChI=1S/C20H27N7O3/c1-28-16-6-5-15(17(13-16)29-2)14-21-25-18-22-19(26-7-3-4-8-26)24-20(23-18)27-9-11-30-12-10-27/h5-6,13-14H,3-4,7-12H2,1-2H3,(H,22,23,24,25)/b21-14+. The zero-order chi connectivity index (χ0) is 20.8. The van der Waals surface area contributed by atoms with Gasteiger partial charge in [0.2, 0.25) is 17.8 Å². The summed E-state index contributed by atoms with van der Waals surface area (Å²) in [5.74, 6) is 3.14. The Morgan fingerprint density at radius 3 is 2.33 bits per heavy atom. The van der Waals surface area contributed by atoms with E-state index in [0.29, 0.717) is 36.8 Å². The second kappa shape index (κ2) is 9.57. The van der Waals surface area contributed by atoms with E-state index in [-0.39, 0.29) is 0 Å². The van der Waals surface area contributed by atoms with Gasteiger partial charge in [-0.05, 0) is 25.0 Å². The molecule has 2 aromatic rings. The van der Waals surface area contributed by atoms with Gasteiger partial charge in [-0.15, -0.1) is 0 Å². The van der Waals surface area contributed by atoms with Gasteiger partial charge in [0, 0.05) is 37.8 Å². The summed E-state index contributed by atoms with van der Waals surface area (Å²) in [6, 6.07) is 5.55. The van der Waals surface area contributed by atoms with Gasteiger partial charge in [-0.25, -0.2) is 5.43 Å². The Kier molecular flexibility index (Phi) is 6.43. The Morgan fingerprint density at radius 1 is 0.967 bits per heavy atom. The molecule has 0 amide bonds. The Hall–Kier alpha value is -3.14. The summed E-state index contributed by atoms with van der Waals surface area (Å²) in [5.41, 5.74) is 3.77. The average molecular weight is 413 g/mol. The predicted octanol–water partition coefficient (Wildman–Crippen LogP) is 1.77. The third-order valence-corrected chi connectivity index (χ3v) is 5.10. The summed E-state index contributed by atoms with van der Waals surface area (Å²) >= 11 is 0. The van der Waals surface area contributed by atoms with Crippen LogP contribution in [0.15, 0.2) is 23.3 Å². The lowest BCUT2D eigenvalue weighted by molar-refractivity contribution is 0.122. The van der Waals surface area contributed by atoms with E-state index in [0.717, 1.165) is 50.3 Å². The van der Waals surface area contributed by atoms with Gasteiger partial charge in [-0.3, -0.25) is 0 Å². The van der Waals surface area contributed by atoms with Gasteiger partial charge < -0.3 is 24.0 Å². The maximum Gasteiger partial charge on any atom is 0.250 e. The number of hydrogen-bond acceptors (Lipinski definition) is 10. The maximum atomic E-state index is 5.45. The molecule has 0 unspecified atom stereocenters. The smallest absolute Gasteiger partial charge is 0.250 e. The number of rotatable bonds is 7. The molecule has 2 aliphatic rings. The number of methoxy groups -OCH3 is 2. The minimum Gasteiger partial charge on any atom is -0.497 e. The first-order chi connectivity index (χ1) is 14.8. The number of hydrazone groups is 1. The quantitative estimate of drug-likeness (QED) is 0.538. The summed E-state index contributed by atoms with van der Waals surface area (Å²) in [7, 11) is 3.23. The molecule has 2 saturated heterocycles. The highest BCUT2D eigenvalue weighted by Crippen LogP contribution is 2.24. The lowest BCUT2D eigenvalue weighted by Crippen LogP contribution is -2.38. The highest BCUT2D eigenvalue weighted by molar-refractivity contribution is 5.84. The van der Waals surface area contributed by atoms with E-state index in [1.165, 1.54) is 0 Å². The lowest BCUT2D eigenvalue weighted by atomic mass is 10.2. The molecule has 30 heavy (non-hydrogen) atoms. The number of nitrogens with one attached hydrogen (secondary N) is 1. The summed E-state index contributed by atoms with van der Waals surface area (Å²) in [6.07, 6.45) is 3.97. The third-order valence-electron chi connectivity index (χ3n) is 5.10. The number of nitrogens with zero attached hydrogens (tertiary/aromatic N) is 6. The molecule has 160 valence electrons. The summed E-state index contributed by atoms with van der Waals surface area (Å²) in [5, 5.41) is 4.32. The molecule has 0 saturated carbocycles. The first kappa shape index (κ1) is 20.1. The van der Waals surface area contributed by atoms with Crippen molar-refractivity contribution in [3.05, 3.63) is 23.8 Å². The predicted molar refractivity (Wildman–Crippen MR) is 115 cm³/mol. The number of hydrogen-bond donors (Lipinski definition) is 1. The molecule has 0 radical (unpaired) electrons. The van der Waals surface area contributed by atoms with Gasteiger partial charge >= 0.3 is 0 Å². The van der Waals surface area contributed by atoms with E-state index >= 15 is 0 Å². The average Bonchev–Trinajstić information content (AvgIpc) is 3.35. The van der Waals surface area contributed by atoms with Gasteiger partial charge in [-0.1, -0.05) is 0 Å². The number of benzene rings is 1. The van der Waals surface area contributed by atoms with Crippen LogP contribution in [0.3, 0.4) is 0 Å². The Morgan fingerprint density at radius 2 is 1.67 bits per heavy atom. The van der Waals surface area contributed by atoms with E-state index in [9.17, 15) is 0 Å². The first-order valence-corrected chi connectivity index (χ1v) is 10.1. The fourth-order valence-electron chi connectivity index (χ4n) is 3.45. The Bertz CT molecular complexity index is 881. The van der Waals surface area contributed by atoms with Crippen molar-refractivity contribution in [2.75, 3.05) is 68.8 Å². The van der Waals surface area contributed by atoms with Gasteiger partial charge in [0.05, 0.1) is 33.6 Å². The molecule has 2 aliphatic heterocycles. The SMILES string of the molecule is COc1ccc(/C=N/Nc2nc(N3CCCC3)nc(N3CCOCC3)n2)c(OC)c1. The minimum absolute atomic E-state index is 0.414. The van der Waals surface area contributed by atoms with Crippen molar-refractivity contribution in [2.24, 2.45) is 5.10 Å². The number of morpholine rings is 1. The third kappa shape index (κ3) is 4.70. The molecule has 0 spiro atoms. The van der Waals surface area contributed by atoms with Gasteiger partial charge in [0.15, 0.2) is 0 Å². The van der Waals surface area contributed by atoms with Crippen molar-refractivity contribution < 1.29 is 14.2 Å². The fourth-order valence-corrected chi connectivity index (χ4v) is 3.45. The van der Waals surface area contributed by atoms with Crippen LogP contribution in [0.5, 0.6) is 11.5 Å². The van der Waals surface area contributed by atoms with Crippen molar-refractivity contribution in [3.8, 4) is 11.5 Å².